The van der Waals surface area contributed by atoms with Crippen LogP contribution in [0.2, 0.25) is 0 Å². The molecule has 3 heterocycles. The van der Waals surface area contributed by atoms with Gasteiger partial charge in [-0.2, -0.15) is 4.31 Å². The zero-order chi connectivity index (χ0) is 18.1. The third-order valence-electron chi connectivity index (χ3n) is 4.90. The van der Waals surface area contributed by atoms with Crippen LogP contribution in [-0.2, 0) is 16.4 Å². The van der Waals surface area contributed by atoms with Crippen LogP contribution in [0.15, 0.2) is 41.7 Å². The lowest BCUT2D eigenvalue weighted by Crippen LogP contribution is -2.36. The van der Waals surface area contributed by atoms with Crippen LogP contribution in [0, 0.1) is 0 Å². The molecule has 2 aromatic rings. The van der Waals surface area contributed by atoms with Crippen LogP contribution in [0.5, 0.6) is 0 Å². The van der Waals surface area contributed by atoms with Crippen LogP contribution in [0.3, 0.4) is 0 Å². The first-order valence-corrected chi connectivity index (χ1v) is 10.2. The highest BCUT2D eigenvalue weighted by molar-refractivity contribution is 7.89. The summed E-state index contributed by atoms with van der Waals surface area (Å²) in [6, 6.07) is 5.07. The number of aryl methyl sites for hydroxylation is 1. The fraction of sp³-hybridized carbons (Fsp3) is 0.389. The SMILES string of the molecule is O=C(c1cnccn1)N1CCCc2cc(S(=O)(=O)N3CCCC3)ccc21. The van der Waals surface area contributed by atoms with Gasteiger partial charge >= 0.3 is 0 Å². The standard InChI is InChI=1S/C18H20N4O3S/c23-18(16-13-19-7-8-20-16)22-11-3-4-14-12-15(5-6-17(14)22)26(24,25)21-9-1-2-10-21/h5-8,12-13H,1-4,9-11H2. The summed E-state index contributed by atoms with van der Waals surface area (Å²) in [5, 5.41) is 0. The normalized spacial score (nSPS) is 17.9. The number of benzene rings is 1. The highest BCUT2D eigenvalue weighted by Crippen LogP contribution is 2.31. The highest BCUT2D eigenvalue weighted by atomic mass is 32.2. The fourth-order valence-electron chi connectivity index (χ4n) is 3.57. The molecule has 0 aliphatic carbocycles. The van der Waals surface area contributed by atoms with Gasteiger partial charge in [-0.25, -0.2) is 13.4 Å². The first-order valence-electron chi connectivity index (χ1n) is 8.78. The Kier molecular flexibility index (Phi) is 4.46. The van der Waals surface area contributed by atoms with Gasteiger partial charge in [0.15, 0.2) is 0 Å². The molecule has 0 bridgehead atoms. The second-order valence-corrected chi connectivity index (χ2v) is 8.49. The van der Waals surface area contributed by atoms with Crippen molar-refractivity contribution in [3.8, 4) is 0 Å². The third-order valence-corrected chi connectivity index (χ3v) is 6.79. The van der Waals surface area contributed by atoms with E-state index in [4.69, 9.17) is 0 Å². The van der Waals surface area contributed by atoms with Crippen molar-refractivity contribution in [2.45, 2.75) is 30.6 Å². The molecule has 0 spiro atoms. The maximum Gasteiger partial charge on any atom is 0.278 e. The van der Waals surface area contributed by atoms with Gasteiger partial charge in [0.05, 0.1) is 11.1 Å². The molecule has 2 aliphatic heterocycles. The molecule has 7 nitrogen and oxygen atoms in total. The first-order chi connectivity index (χ1) is 12.6. The van der Waals surface area contributed by atoms with E-state index in [0.29, 0.717) is 24.5 Å². The van der Waals surface area contributed by atoms with Crippen molar-refractivity contribution < 1.29 is 13.2 Å². The summed E-state index contributed by atoms with van der Waals surface area (Å²) in [6.45, 7) is 1.74. The maximum absolute atomic E-state index is 12.8. The summed E-state index contributed by atoms with van der Waals surface area (Å²) in [6.07, 6.45) is 7.81. The number of aromatic nitrogens is 2. The molecule has 136 valence electrons. The van der Waals surface area contributed by atoms with Gasteiger partial charge in [-0.05, 0) is 49.4 Å². The summed E-state index contributed by atoms with van der Waals surface area (Å²) in [4.78, 5) is 22.8. The molecular formula is C18H20N4O3S. The molecule has 0 saturated carbocycles. The minimum atomic E-state index is -3.45. The van der Waals surface area contributed by atoms with E-state index in [0.717, 1.165) is 36.9 Å². The zero-order valence-corrected chi connectivity index (χ0v) is 15.2. The van der Waals surface area contributed by atoms with Gasteiger partial charge in [-0.3, -0.25) is 9.78 Å². The molecule has 26 heavy (non-hydrogen) atoms. The Labute approximate surface area is 152 Å². The largest absolute Gasteiger partial charge is 0.307 e. The topological polar surface area (TPSA) is 83.5 Å². The molecule has 1 amide bonds. The van der Waals surface area contributed by atoms with E-state index in [-0.39, 0.29) is 11.6 Å². The van der Waals surface area contributed by atoms with Crippen molar-refractivity contribution >= 4 is 21.6 Å². The second kappa shape index (κ2) is 6.77. The van der Waals surface area contributed by atoms with Gasteiger partial charge in [0.1, 0.15) is 5.69 Å². The molecular weight excluding hydrogens is 352 g/mol. The van der Waals surface area contributed by atoms with E-state index in [2.05, 4.69) is 9.97 Å². The lowest BCUT2D eigenvalue weighted by atomic mass is 10.0. The Hall–Kier alpha value is -2.32. The van der Waals surface area contributed by atoms with Crippen molar-refractivity contribution in [1.29, 1.82) is 0 Å². The summed E-state index contributed by atoms with van der Waals surface area (Å²) in [7, 11) is -3.45. The van der Waals surface area contributed by atoms with E-state index in [1.165, 1.54) is 18.6 Å². The van der Waals surface area contributed by atoms with Crippen LogP contribution in [-0.4, -0.2) is 48.2 Å². The predicted molar refractivity (Wildman–Crippen MR) is 96.5 cm³/mol. The molecule has 1 fully saturated rings. The van der Waals surface area contributed by atoms with Crippen LogP contribution in [0.25, 0.3) is 0 Å². The number of amides is 1. The van der Waals surface area contributed by atoms with Crippen LogP contribution >= 0.6 is 0 Å². The molecule has 0 N–H and O–H groups in total. The Morgan fingerprint density at radius 3 is 2.58 bits per heavy atom. The Morgan fingerprint density at radius 2 is 1.85 bits per heavy atom. The molecule has 1 aromatic carbocycles. The number of anilines is 1. The number of rotatable bonds is 3. The number of hydrogen-bond donors (Lipinski definition) is 0. The monoisotopic (exact) mass is 372 g/mol. The van der Waals surface area contributed by atoms with Gasteiger partial charge < -0.3 is 4.90 Å². The summed E-state index contributed by atoms with van der Waals surface area (Å²) >= 11 is 0. The van der Waals surface area contributed by atoms with E-state index in [1.54, 1.807) is 27.4 Å². The third kappa shape index (κ3) is 2.99. The average Bonchev–Trinajstić information content (AvgIpc) is 3.23. The highest BCUT2D eigenvalue weighted by Gasteiger charge is 2.30. The molecule has 2 aliphatic rings. The molecule has 0 unspecified atom stereocenters. The van der Waals surface area contributed by atoms with E-state index in [9.17, 15) is 13.2 Å². The Morgan fingerprint density at radius 1 is 1.04 bits per heavy atom. The minimum absolute atomic E-state index is 0.214. The quantitative estimate of drug-likeness (QED) is 0.821. The number of carbonyl (C=O) groups excluding carboxylic acids is 1. The van der Waals surface area contributed by atoms with Crippen LogP contribution in [0.1, 0.15) is 35.3 Å². The first kappa shape index (κ1) is 17.1. The minimum Gasteiger partial charge on any atom is -0.307 e. The van der Waals surface area contributed by atoms with Crippen molar-refractivity contribution in [2.24, 2.45) is 0 Å². The van der Waals surface area contributed by atoms with Crippen molar-refractivity contribution in [1.82, 2.24) is 14.3 Å². The van der Waals surface area contributed by atoms with Gasteiger partial charge in [-0.15, -0.1) is 0 Å². The number of sulfonamides is 1. The van der Waals surface area contributed by atoms with E-state index < -0.39 is 10.0 Å². The molecule has 1 aromatic heterocycles. The molecule has 1 saturated heterocycles. The van der Waals surface area contributed by atoms with Crippen LogP contribution < -0.4 is 4.90 Å². The molecule has 8 heteroatoms. The zero-order valence-electron chi connectivity index (χ0n) is 14.3. The number of nitrogens with zero attached hydrogens (tertiary/aromatic N) is 4. The number of fused-ring (bicyclic) bond motifs is 1. The smallest absolute Gasteiger partial charge is 0.278 e. The molecule has 0 atom stereocenters. The van der Waals surface area contributed by atoms with Gasteiger partial charge in [0.25, 0.3) is 5.91 Å². The Balaban J connectivity index is 1.67. The van der Waals surface area contributed by atoms with Gasteiger partial charge in [0, 0.05) is 37.7 Å². The fourth-order valence-corrected chi connectivity index (χ4v) is 5.14. The number of hydrogen-bond acceptors (Lipinski definition) is 5. The second-order valence-electron chi connectivity index (χ2n) is 6.55. The van der Waals surface area contributed by atoms with Crippen molar-refractivity contribution in [3.63, 3.8) is 0 Å². The van der Waals surface area contributed by atoms with Crippen molar-refractivity contribution in [3.05, 3.63) is 48.0 Å². The maximum atomic E-state index is 12.8. The van der Waals surface area contributed by atoms with E-state index >= 15 is 0 Å². The average molecular weight is 372 g/mol. The molecule has 4 rings (SSSR count). The predicted octanol–water partition coefficient (Wildman–Crippen LogP) is 1.85. The summed E-state index contributed by atoms with van der Waals surface area (Å²) in [5.74, 6) is -0.214. The number of carbonyl (C=O) groups is 1. The summed E-state index contributed by atoms with van der Waals surface area (Å²) in [5.41, 5.74) is 1.93. The molecule has 0 radical (unpaired) electrons. The van der Waals surface area contributed by atoms with Crippen molar-refractivity contribution in [2.75, 3.05) is 24.5 Å². The van der Waals surface area contributed by atoms with Crippen LogP contribution in [0.4, 0.5) is 5.69 Å². The van der Waals surface area contributed by atoms with E-state index in [1.807, 2.05) is 0 Å². The lowest BCUT2D eigenvalue weighted by molar-refractivity contribution is 0.0980. The van der Waals surface area contributed by atoms with Gasteiger partial charge in [-0.1, -0.05) is 0 Å². The summed E-state index contributed by atoms with van der Waals surface area (Å²) < 4.78 is 27.1. The van der Waals surface area contributed by atoms with Gasteiger partial charge in [0.2, 0.25) is 10.0 Å². The lowest BCUT2D eigenvalue weighted by Gasteiger charge is -2.29. The Bertz CT molecular complexity index is 925.